The summed E-state index contributed by atoms with van der Waals surface area (Å²) in [6.45, 7) is 2.99. The summed E-state index contributed by atoms with van der Waals surface area (Å²) in [6.07, 6.45) is 2.22. The zero-order valence-corrected chi connectivity index (χ0v) is 15.0. The minimum Gasteiger partial charge on any atom is -0.497 e. The van der Waals surface area contributed by atoms with E-state index in [1.807, 2.05) is 12.1 Å². The van der Waals surface area contributed by atoms with Crippen molar-refractivity contribution in [1.82, 2.24) is 0 Å². The number of aryl methyl sites for hydroxylation is 1. The maximum atomic E-state index is 6.15. The van der Waals surface area contributed by atoms with Gasteiger partial charge in [0.2, 0.25) is 0 Å². The molecular weight excluding hydrogens is 314 g/mol. The van der Waals surface area contributed by atoms with Crippen LogP contribution in [0.4, 0.5) is 5.69 Å². The van der Waals surface area contributed by atoms with E-state index in [1.165, 1.54) is 11.1 Å². The average Bonchev–Trinajstić information content (AvgIpc) is 3.16. The summed E-state index contributed by atoms with van der Waals surface area (Å²) in [5.41, 5.74) is 4.94. The number of fused-ring (bicyclic) bond motifs is 3. The second-order valence-corrected chi connectivity index (χ2v) is 6.75. The highest BCUT2D eigenvalue weighted by Gasteiger charge is 2.42. The van der Waals surface area contributed by atoms with Crippen LogP contribution in [0.15, 0.2) is 36.4 Å². The Bertz CT molecular complexity index is 774. The van der Waals surface area contributed by atoms with Crippen LogP contribution in [0.3, 0.4) is 0 Å². The fourth-order valence-corrected chi connectivity index (χ4v) is 4.13. The second kappa shape index (κ2) is 6.60. The van der Waals surface area contributed by atoms with Gasteiger partial charge in [-0.05, 0) is 42.7 Å². The normalized spacial score (nSPS) is 24.2. The van der Waals surface area contributed by atoms with Crippen molar-refractivity contribution in [2.75, 3.05) is 26.1 Å². The van der Waals surface area contributed by atoms with Crippen molar-refractivity contribution in [3.05, 3.63) is 53.1 Å². The minimum absolute atomic E-state index is 0.142. The lowest BCUT2D eigenvalue weighted by Crippen LogP contribution is -2.29. The molecule has 0 aromatic heterocycles. The van der Waals surface area contributed by atoms with Crippen molar-refractivity contribution in [1.29, 1.82) is 0 Å². The number of rotatable bonds is 4. The van der Waals surface area contributed by atoms with Crippen molar-refractivity contribution in [2.24, 2.45) is 5.92 Å². The van der Waals surface area contributed by atoms with Gasteiger partial charge in [-0.15, -0.1) is 0 Å². The summed E-state index contributed by atoms with van der Waals surface area (Å²) < 4.78 is 17.2. The third kappa shape index (κ3) is 2.74. The van der Waals surface area contributed by atoms with Crippen LogP contribution >= 0.6 is 0 Å². The van der Waals surface area contributed by atoms with Crippen LogP contribution in [0.2, 0.25) is 0 Å². The fourth-order valence-electron chi connectivity index (χ4n) is 4.13. The van der Waals surface area contributed by atoms with Gasteiger partial charge in [0.05, 0.1) is 26.4 Å². The Kier molecular flexibility index (Phi) is 4.30. The number of methoxy groups -OCH3 is 2. The molecule has 0 spiro atoms. The van der Waals surface area contributed by atoms with E-state index in [2.05, 4.69) is 36.5 Å². The summed E-state index contributed by atoms with van der Waals surface area (Å²) in [6, 6.07) is 12.8. The molecule has 4 rings (SSSR count). The van der Waals surface area contributed by atoms with Gasteiger partial charge in [-0.25, -0.2) is 0 Å². The average molecular weight is 339 g/mol. The predicted molar refractivity (Wildman–Crippen MR) is 98.5 cm³/mol. The van der Waals surface area contributed by atoms with Crippen molar-refractivity contribution < 1.29 is 14.2 Å². The molecule has 1 fully saturated rings. The number of ether oxygens (including phenoxy) is 3. The Hall–Kier alpha value is -2.20. The Labute approximate surface area is 149 Å². The van der Waals surface area contributed by atoms with Gasteiger partial charge < -0.3 is 19.5 Å². The van der Waals surface area contributed by atoms with Gasteiger partial charge in [0.1, 0.15) is 11.5 Å². The van der Waals surface area contributed by atoms with Crippen LogP contribution in [0.25, 0.3) is 0 Å². The fraction of sp³-hybridized carbons (Fsp3) is 0.429. The molecular formula is C21H25NO3. The van der Waals surface area contributed by atoms with Gasteiger partial charge in [-0.2, -0.15) is 0 Å². The lowest BCUT2D eigenvalue weighted by molar-refractivity contribution is 0.0826. The van der Waals surface area contributed by atoms with Gasteiger partial charge in [-0.3, -0.25) is 0 Å². The number of nitrogens with one attached hydrogen (secondary N) is 1. The zero-order chi connectivity index (χ0) is 17.4. The molecule has 132 valence electrons. The highest BCUT2D eigenvalue weighted by molar-refractivity contribution is 5.60. The Balaban J connectivity index is 1.79. The standard InChI is InChI=1S/C21H25NO3/c1-4-13-5-7-18-16(11-13)21-15(9-10-25-21)20(22-18)17-12-14(23-2)6-8-19(17)24-3/h5-8,11-12,15,20-22H,4,9-10H2,1-3H3. The first-order valence-corrected chi connectivity index (χ1v) is 8.98. The lowest BCUT2D eigenvalue weighted by atomic mass is 9.80. The molecule has 2 aliphatic rings. The first kappa shape index (κ1) is 16.3. The Morgan fingerprint density at radius 1 is 1.08 bits per heavy atom. The number of hydrogen-bond acceptors (Lipinski definition) is 4. The van der Waals surface area contributed by atoms with E-state index < -0.39 is 0 Å². The molecule has 0 saturated carbocycles. The summed E-state index contributed by atoms with van der Waals surface area (Å²) in [4.78, 5) is 0. The largest absolute Gasteiger partial charge is 0.497 e. The van der Waals surface area contributed by atoms with Crippen LogP contribution in [-0.2, 0) is 11.2 Å². The SMILES string of the molecule is CCc1ccc2c(c1)C1OCCC1C(c1cc(OC)ccc1OC)N2. The van der Waals surface area contributed by atoms with E-state index in [1.54, 1.807) is 14.2 Å². The van der Waals surface area contributed by atoms with E-state index in [-0.39, 0.29) is 12.1 Å². The molecule has 2 aromatic carbocycles. The number of hydrogen-bond donors (Lipinski definition) is 1. The van der Waals surface area contributed by atoms with E-state index in [4.69, 9.17) is 14.2 Å². The highest BCUT2D eigenvalue weighted by atomic mass is 16.5. The van der Waals surface area contributed by atoms with Gasteiger partial charge in [0.15, 0.2) is 0 Å². The zero-order valence-electron chi connectivity index (χ0n) is 15.0. The summed E-state index contributed by atoms with van der Waals surface area (Å²) in [5, 5.41) is 3.75. The predicted octanol–water partition coefficient (Wildman–Crippen LogP) is 4.51. The molecule has 2 heterocycles. The third-order valence-electron chi connectivity index (χ3n) is 5.48. The molecule has 4 nitrogen and oxygen atoms in total. The summed E-state index contributed by atoms with van der Waals surface area (Å²) in [7, 11) is 3.42. The maximum Gasteiger partial charge on any atom is 0.124 e. The van der Waals surface area contributed by atoms with E-state index >= 15 is 0 Å². The van der Waals surface area contributed by atoms with E-state index in [9.17, 15) is 0 Å². The van der Waals surface area contributed by atoms with Gasteiger partial charge in [0.25, 0.3) is 0 Å². The Morgan fingerprint density at radius 2 is 1.96 bits per heavy atom. The molecule has 0 radical (unpaired) electrons. The quantitative estimate of drug-likeness (QED) is 0.889. The van der Waals surface area contributed by atoms with Gasteiger partial charge >= 0.3 is 0 Å². The molecule has 0 bridgehead atoms. The van der Waals surface area contributed by atoms with E-state index in [0.717, 1.165) is 42.2 Å². The van der Waals surface area contributed by atoms with Crippen LogP contribution in [-0.4, -0.2) is 20.8 Å². The highest BCUT2D eigenvalue weighted by Crippen LogP contribution is 2.51. The van der Waals surface area contributed by atoms with Crippen LogP contribution in [0.1, 0.15) is 42.2 Å². The first-order valence-electron chi connectivity index (χ1n) is 8.98. The Morgan fingerprint density at radius 3 is 2.72 bits per heavy atom. The second-order valence-electron chi connectivity index (χ2n) is 6.75. The van der Waals surface area contributed by atoms with Crippen LogP contribution < -0.4 is 14.8 Å². The molecule has 2 aromatic rings. The molecule has 3 atom stereocenters. The van der Waals surface area contributed by atoms with Crippen molar-refractivity contribution >= 4 is 5.69 Å². The third-order valence-corrected chi connectivity index (χ3v) is 5.48. The molecule has 1 saturated heterocycles. The molecule has 1 N–H and O–H groups in total. The van der Waals surface area contributed by atoms with Crippen LogP contribution in [0, 0.1) is 5.92 Å². The maximum absolute atomic E-state index is 6.15. The first-order chi connectivity index (χ1) is 12.2. The lowest BCUT2D eigenvalue weighted by Gasteiger charge is -2.37. The van der Waals surface area contributed by atoms with E-state index in [0.29, 0.717) is 5.92 Å². The minimum atomic E-state index is 0.142. The number of anilines is 1. The topological polar surface area (TPSA) is 39.7 Å². The molecule has 0 aliphatic carbocycles. The monoisotopic (exact) mass is 339 g/mol. The molecule has 4 heteroatoms. The molecule has 0 amide bonds. The van der Waals surface area contributed by atoms with Gasteiger partial charge in [0, 0.05) is 29.3 Å². The smallest absolute Gasteiger partial charge is 0.124 e. The molecule has 2 aliphatic heterocycles. The van der Waals surface area contributed by atoms with Crippen LogP contribution in [0.5, 0.6) is 11.5 Å². The van der Waals surface area contributed by atoms with Crippen molar-refractivity contribution in [3.63, 3.8) is 0 Å². The summed E-state index contributed by atoms with van der Waals surface area (Å²) in [5.74, 6) is 2.12. The summed E-state index contributed by atoms with van der Waals surface area (Å²) >= 11 is 0. The molecule has 25 heavy (non-hydrogen) atoms. The van der Waals surface area contributed by atoms with Crippen molar-refractivity contribution in [2.45, 2.75) is 31.9 Å². The number of benzene rings is 2. The van der Waals surface area contributed by atoms with Crippen molar-refractivity contribution in [3.8, 4) is 11.5 Å². The van der Waals surface area contributed by atoms with Gasteiger partial charge in [-0.1, -0.05) is 19.1 Å². The molecule has 3 unspecified atom stereocenters.